The highest BCUT2D eigenvalue weighted by Gasteiger charge is 2.21. The Labute approximate surface area is 99.8 Å². The molecule has 1 aromatic heterocycles. The van der Waals surface area contributed by atoms with Crippen molar-refractivity contribution in [3.8, 4) is 0 Å². The van der Waals surface area contributed by atoms with Gasteiger partial charge in [0.2, 0.25) is 5.89 Å². The van der Waals surface area contributed by atoms with Crippen LogP contribution in [0.1, 0.15) is 49.1 Å². The Bertz CT molecular complexity index is 311. The SMILES string of the molecule is OCCCCc1nc(C2CCCCS2)no1. The third kappa shape index (κ3) is 3.22. The molecule has 2 rings (SSSR count). The zero-order valence-electron chi connectivity index (χ0n) is 9.39. The number of hydrogen-bond donors (Lipinski definition) is 1. The molecule has 1 atom stereocenters. The van der Waals surface area contributed by atoms with E-state index in [4.69, 9.17) is 9.63 Å². The van der Waals surface area contributed by atoms with Crippen LogP contribution in [-0.2, 0) is 6.42 Å². The first kappa shape index (κ1) is 11.9. The predicted molar refractivity (Wildman–Crippen MR) is 63.4 cm³/mol. The van der Waals surface area contributed by atoms with Gasteiger partial charge in [-0.05, 0) is 31.4 Å². The molecule has 90 valence electrons. The van der Waals surface area contributed by atoms with Crippen molar-refractivity contribution in [2.75, 3.05) is 12.4 Å². The second-order valence-corrected chi connectivity index (χ2v) is 5.39. The van der Waals surface area contributed by atoms with Crippen molar-refractivity contribution in [3.05, 3.63) is 11.7 Å². The van der Waals surface area contributed by atoms with E-state index < -0.39 is 0 Å². The summed E-state index contributed by atoms with van der Waals surface area (Å²) in [6.45, 7) is 0.236. The lowest BCUT2D eigenvalue weighted by Crippen LogP contribution is -2.03. The first-order valence-corrected chi connectivity index (χ1v) is 7.00. The monoisotopic (exact) mass is 242 g/mol. The Hall–Kier alpha value is -0.550. The van der Waals surface area contributed by atoms with Crippen molar-refractivity contribution < 1.29 is 9.63 Å². The van der Waals surface area contributed by atoms with E-state index in [9.17, 15) is 0 Å². The van der Waals surface area contributed by atoms with Crippen LogP contribution < -0.4 is 0 Å². The lowest BCUT2D eigenvalue weighted by atomic mass is 10.2. The Balaban J connectivity index is 1.85. The van der Waals surface area contributed by atoms with E-state index in [0.717, 1.165) is 31.0 Å². The number of rotatable bonds is 5. The summed E-state index contributed by atoms with van der Waals surface area (Å²) in [5.41, 5.74) is 0. The largest absolute Gasteiger partial charge is 0.396 e. The molecule has 1 unspecified atom stereocenters. The van der Waals surface area contributed by atoms with Gasteiger partial charge >= 0.3 is 0 Å². The van der Waals surface area contributed by atoms with Gasteiger partial charge in [0, 0.05) is 13.0 Å². The van der Waals surface area contributed by atoms with Crippen LogP contribution in [0.25, 0.3) is 0 Å². The van der Waals surface area contributed by atoms with Crippen LogP contribution in [-0.4, -0.2) is 27.6 Å². The second-order valence-electron chi connectivity index (χ2n) is 4.08. The first-order chi connectivity index (χ1) is 7.90. The average Bonchev–Trinajstić information content (AvgIpc) is 2.79. The summed E-state index contributed by atoms with van der Waals surface area (Å²) in [7, 11) is 0. The molecule has 5 heteroatoms. The minimum atomic E-state index is 0.236. The summed E-state index contributed by atoms with van der Waals surface area (Å²) in [5.74, 6) is 2.79. The fourth-order valence-corrected chi connectivity index (χ4v) is 3.07. The first-order valence-electron chi connectivity index (χ1n) is 5.95. The summed E-state index contributed by atoms with van der Waals surface area (Å²) >= 11 is 1.93. The maximum absolute atomic E-state index is 8.68. The van der Waals surface area contributed by atoms with Crippen LogP contribution in [0, 0.1) is 0 Å². The summed E-state index contributed by atoms with van der Waals surface area (Å²) < 4.78 is 5.21. The van der Waals surface area contributed by atoms with E-state index in [2.05, 4.69) is 10.1 Å². The third-order valence-electron chi connectivity index (χ3n) is 2.75. The lowest BCUT2D eigenvalue weighted by molar-refractivity contribution is 0.280. The minimum Gasteiger partial charge on any atom is -0.396 e. The third-order valence-corrected chi connectivity index (χ3v) is 4.12. The van der Waals surface area contributed by atoms with Gasteiger partial charge < -0.3 is 9.63 Å². The molecule has 0 radical (unpaired) electrons. The zero-order valence-corrected chi connectivity index (χ0v) is 10.2. The van der Waals surface area contributed by atoms with E-state index in [0.29, 0.717) is 5.25 Å². The maximum atomic E-state index is 8.68. The molecule has 0 aliphatic carbocycles. The van der Waals surface area contributed by atoms with Gasteiger partial charge in [-0.3, -0.25) is 0 Å². The van der Waals surface area contributed by atoms with Crippen molar-refractivity contribution in [3.63, 3.8) is 0 Å². The van der Waals surface area contributed by atoms with Gasteiger partial charge in [0.1, 0.15) is 0 Å². The smallest absolute Gasteiger partial charge is 0.226 e. The summed E-state index contributed by atoms with van der Waals surface area (Å²) in [6.07, 6.45) is 6.24. The quantitative estimate of drug-likeness (QED) is 0.803. The van der Waals surface area contributed by atoms with E-state index in [1.807, 2.05) is 11.8 Å². The van der Waals surface area contributed by atoms with E-state index in [1.165, 1.54) is 25.0 Å². The second kappa shape index (κ2) is 6.25. The number of hydrogen-bond acceptors (Lipinski definition) is 5. The Morgan fingerprint density at radius 1 is 1.38 bits per heavy atom. The Morgan fingerprint density at radius 2 is 2.31 bits per heavy atom. The van der Waals surface area contributed by atoms with Crippen molar-refractivity contribution in [2.24, 2.45) is 0 Å². The van der Waals surface area contributed by atoms with Crippen molar-refractivity contribution >= 4 is 11.8 Å². The molecular formula is C11H18N2O2S. The zero-order chi connectivity index (χ0) is 11.2. The van der Waals surface area contributed by atoms with Gasteiger partial charge in [-0.15, -0.1) is 0 Å². The topological polar surface area (TPSA) is 59.2 Å². The van der Waals surface area contributed by atoms with Gasteiger partial charge in [-0.25, -0.2) is 0 Å². The van der Waals surface area contributed by atoms with Gasteiger partial charge in [0.25, 0.3) is 0 Å². The molecule has 1 fully saturated rings. The molecule has 1 aliphatic heterocycles. The van der Waals surface area contributed by atoms with Crippen LogP contribution >= 0.6 is 11.8 Å². The molecular weight excluding hydrogens is 224 g/mol. The molecule has 1 aromatic rings. The van der Waals surface area contributed by atoms with Gasteiger partial charge in [-0.2, -0.15) is 16.7 Å². The Kier molecular flexibility index (Phi) is 4.66. The molecule has 1 saturated heterocycles. The van der Waals surface area contributed by atoms with Crippen LogP contribution in [0.2, 0.25) is 0 Å². The molecule has 1 aliphatic rings. The van der Waals surface area contributed by atoms with Gasteiger partial charge in [-0.1, -0.05) is 11.6 Å². The van der Waals surface area contributed by atoms with Crippen molar-refractivity contribution in [2.45, 2.75) is 43.8 Å². The minimum absolute atomic E-state index is 0.236. The molecule has 0 spiro atoms. The molecule has 16 heavy (non-hydrogen) atoms. The number of unbranched alkanes of at least 4 members (excludes halogenated alkanes) is 1. The average molecular weight is 242 g/mol. The van der Waals surface area contributed by atoms with Crippen LogP contribution in [0.3, 0.4) is 0 Å². The molecule has 0 bridgehead atoms. The molecule has 0 saturated carbocycles. The molecule has 0 amide bonds. The normalized spacial score (nSPS) is 21.2. The lowest BCUT2D eigenvalue weighted by Gasteiger charge is -2.17. The highest BCUT2D eigenvalue weighted by molar-refractivity contribution is 7.99. The summed E-state index contributed by atoms with van der Waals surface area (Å²) in [4.78, 5) is 4.43. The van der Waals surface area contributed by atoms with E-state index >= 15 is 0 Å². The molecule has 2 heterocycles. The van der Waals surface area contributed by atoms with Crippen molar-refractivity contribution in [1.29, 1.82) is 0 Å². The van der Waals surface area contributed by atoms with Crippen LogP contribution in [0.5, 0.6) is 0 Å². The standard InChI is InChI=1S/C11H18N2O2S/c14-7-3-1-6-10-12-11(13-15-10)9-5-2-4-8-16-9/h9,14H,1-8H2. The molecule has 1 N–H and O–H groups in total. The summed E-state index contributed by atoms with van der Waals surface area (Å²) in [5, 5.41) is 13.2. The predicted octanol–water partition coefficient (Wildman–Crippen LogP) is 2.34. The number of aromatic nitrogens is 2. The number of aryl methyl sites for hydroxylation is 1. The highest BCUT2D eigenvalue weighted by Crippen LogP contribution is 2.36. The molecule has 0 aromatic carbocycles. The fraction of sp³-hybridized carbons (Fsp3) is 0.818. The number of aliphatic hydroxyl groups is 1. The fourth-order valence-electron chi connectivity index (χ4n) is 1.83. The maximum Gasteiger partial charge on any atom is 0.226 e. The van der Waals surface area contributed by atoms with Crippen LogP contribution in [0.4, 0.5) is 0 Å². The molecule has 4 nitrogen and oxygen atoms in total. The van der Waals surface area contributed by atoms with Crippen molar-refractivity contribution in [1.82, 2.24) is 10.1 Å². The number of thioether (sulfide) groups is 1. The summed E-state index contributed by atoms with van der Waals surface area (Å²) in [6, 6.07) is 0. The number of aliphatic hydroxyl groups excluding tert-OH is 1. The Morgan fingerprint density at radius 3 is 3.06 bits per heavy atom. The van der Waals surface area contributed by atoms with E-state index in [1.54, 1.807) is 0 Å². The number of nitrogens with zero attached hydrogens (tertiary/aromatic N) is 2. The highest BCUT2D eigenvalue weighted by atomic mass is 32.2. The van der Waals surface area contributed by atoms with Gasteiger partial charge in [0.05, 0.1) is 5.25 Å². The van der Waals surface area contributed by atoms with E-state index in [-0.39, 0.29) is 6.61 Å². The van der Waals surface area contributed by atoms with Gasteiger partial charge in [0.15, 0.2) is 5.82 Å². The van der Waals surface area contributed by atoms with Crippen LogP contribution in [0.15, 0.2) is 4.52 Å².